The predicted octanol–water partition coefficient (Wildman–Crippen LogP) is 12.6. The van der Waals surface area contributed by atoms with E-state index in [1.807, 2.05) is 4.72 Å². The zero-order valence-corrected chi connectivity index (χ0v) is 33.3. The van der Waals surface area contributed by atoms with Crippen LogP contribution in [0.2, 0.25) is 0 Å². The number of unbranched alkanes of at least 4 members (excludes halogenated alkanes) is 22. The van der Waals surface area contributed by atoms with Gasteiger partial charge in [-0.1, -0.05) is 148 Å². The summed E-state index contributed by atoms with van der Waals surface area (Å²) in [5.41, 5.74) is 0. The van der Waals surface area contributed by atoms with Crippen molar-refractivity contribution in [2.24, 2.45) is 0 Å². The Kier molecular flexibility index (Phi) is 35.0. The van der Waals surface area contributed by atoms with Crippen LogP contribution in [-0.2, 0) is 24.3 Å². The molecule has 0 aromatic heterocycles. The molecule has 0 aliphatic carbocycles. The number of carbonyl (C=O) groups is 2. The fraction of sp³-hybridized carbons (Fsp3) is 0.857. The molecule has 0 saturated carbocycles. The van der Waals surface area contributed by atoms with Gasteiger partial charge in [0.1, 0.15) is 6.10 Å². The van der Waals surface area contributed by atoms with Gasteiger partial charge in [-0.15, -0.1) is 0 Å². The van der Waals surface area contributed by atoms with Crippen LogP contribution in [0.15, 0.2) is 24.3 Å². The highest BCUT2D eigenvalue weighted by molar-refractivity contribution is 7.90. The Hall–Kier alpha value is -1.63. The van der Waals surface area contributed by atoms with E-state index in [-0.39, 0.29) is 37.1 Å². The average molecular weight is 710 g/mol. The van der Waals surface area contributed by atoms with Crippen LogP contribution in [0, 0.1) is 0 Å². The number of allylic oxidation sites excluding steroid dienone is 4. The molecule has 0 rings (SSSR count). The van der Waals surface area contributed by atoms with Crippen LogP contribution in [0.25, 0.3) is 0 Å². The fourth-order valence-corrected chi connectivity index (χ4v) is 7.21. The van der Waals surface area contributed by atoms with Crippen molar-refractivity contribution in [2.75, 3.05) is 5.75 Å². The summed E-state index contributed by atoms with van der Waals surface area (Å²) < 4.78 is 32.0. The molecule has 0 heterocycles. The van der Waals surface area contributed by atoms with Gasteiger partial charge in [-0.05, 0) is 83.5 Å². The summed E-state index contributed by atoms with van der Waals surface area (Å²) in [5.74, 6) is -1.11. The minimum Gasteiger partial charge on any atom is -0.462 e. The molecule has 0 aromatic carbocycles. The Bertz CT molecular complexity index is 874. The van der Waals surface area contributed by atoms with Crippen molar-refractivity contribution in [2.45, 2.75) is 226 Å². The molecule has 0 radical (unpaired) electrons. The van der Waals surface area contributed by atoms with E-state index in [1.165, 1.54) is 141 Å². The molecule has 1 amide bonds. The molecule has 288 valence electrons. The second-order valence-corrected chi connectivity index (χ2v) is 16.0. The van der Waals surface area contributed by atoms with E-state index in [1.54, 1.807) is 6.92 Å². The Morgan fingerprint density at radius 2 is 0.898 bits per heavy atom. The van der Waals surface area contributed by atoms with E-state index in [0.29, 0.717) is 0 Å². The van der Waals surface area contributed by atoms with Gasteiger partial charge in [-0.2, -0.15) is 0 Å². The van der Waals surface area contributed by atoms with E-state index in [9.17, 15) is 18.0 Å². The van der Waals surface area contributed by atoms with E-state index >= 15 is 0 Å². The van der Waals surface area contributed by atoms with Gasteiger partial charge < -0.3 is 4.74 Å². The van der Waals surface area contributed by atoms with E-state index in [0.717, 1.165) is 38.5 Å². The molecule has 0 aromatic rings. The van der Waals surface area contributed by atoms with Crippen LogP contribution in [0.4, 0.5) is 0 Å². The first kappa shape index (κ1) is 47.4. The van der Waals surface area contributed by atoms with Crippen molar-refractivity contribution in [1.29, 1.82) is 0 Å². The smallest absolute Gasteiger partial charge is 0.306 e. The van der Waals surface area contributed by atoms with Crippen molar-refractivity contribution in [3.63, 3.8) is 0 Å². The summed E-state index contributed by atoms with van der Waals surface area (Å²) in [7, 11) is -3.71. The van der Waals surface area contributed by atoms with Crippen molar-refractivity contribution >= 4 is 21.9 Å². The summed E-state index contributed by atoms with van der Waals surface area (Å²) in [6.07, 6.45) is 44.2. The number of sulfonamides is 1. The molecule has 0 atom stereocenters. The lowest BCUT2D eigenvalue weighted by Gasteiger charge is -2.18. The molecule has 0 unspecified atom stereocenters. The molecule has 49 heavy (non-hydrogen) atoms. The molecular formula is C42H79NO5S. The lowest BCUT2D eigenvalue weighted by molar-refractivity contribution is -0.149. The maximum Gasteiger partial charge on any atom is 0.306 e. The highest BCUT2D eigenvalue weighted by Gasteiger charge is 2.17. The number of hydrogen-bond acceptors (Lipinski definition) is 5. The number of rotatable bonds is 37. The first-order valence-electron chi connectivity index (χ1n) is 20.9. The summed E-state index contributed by atoms with van der Waals surface area (Å²) in [4.78, 5) is 24.1. The van der Waals surface area contributed by atoms with Gasteiger partial charge in [0.2, 0.25) is 15.9 Å². The zero-order valence-electron chi connectivity index (χ0n) is 32.5. The molecule has 0 aliphatic heterocycles. The summed E-state index contributed by atoms with van der Waals surface area (Å²) in [5, 5.41) is 0. The standard InChI is InChI=1S/C42H79NO5S/c1-4-7-9-11-13-15-17-19-21-23-25-27-29-31-33-36-40(48-42(45)38-35-39-49(46,47)43-41(44)6-3)37-34-32-30-28-26-24-22-20-18-16-14-12-10-8-5-2/h19-22,40H,4-18,23-39H2,1-3H3,(H,43,44)/b21-19-,22-20-. The highest BCUT2D eigenvalue weighted by atomic mass is 32.2. The minimum atomic E-state index is -3.71. The van der Waals surface area contributed by atoms with E-state index < -0.39 is 15.9 Å². The van der Waals surface area contributed by atoms with Crippen LogP contribution >= 0.6 is 0 Å². The molecule has 0 aliphatic rings. The van der Waals surface area contributed by atoms with Crippen molar-refractivity contribution < 1.29 is 22.7 Å². The molecule has 0 bridgehead atoms. The summed E-state index contributed by atoms with van der Waals surface area (Å²) in [6.45, 7) is 6.13. The van der Waals surface area contributed by atoms with Crippen LogP contribution in [-0.4, -0.2) is 32.2 Å². The number of hydrogen-bond donors (Lipinski definition) is 1. The number of amides is 1. The third kappa shape index (κ3) is 36.0. The number of ether oxygens (including phenoxy) is 1. The van der Waals surface area contributed by atoms with Gasteiger partial charge in [0.25, 0.3) is 0 Å². The number of carbonyl (C=O) groups excluding carboxylic acids is 2. The van der Waals surface area contributed by atoms with E-state index in [2.05, 4.69) is 38.2 Å². The Morgan fingerprint density at radius 3 is 1.29 bits per heavy atom. The van der Waals surface area contributed by atoms with Gasteiger partial charge in [0, 0.05) is 12.8 Å². The molecule has 0 spiro atoms. The molecule has 6 nitrogen and oxygen atoms in total. The van der Waals surface area contributed by atoms with Gasteiger partial charge in [-0.25, -0.2) is 8.42 Å². The van der Waals surface area contributed by atoms with Crippen LogP contribution in [0.1, 0.15) is 220 Å². The van der Waals surface area contributed by atoms with Gasteiger partial charge in [-0.3, -0.25) is 14.3 Å². The Balaban J connectivity index is 4.29. The molecule has 0 fully saturated rings. The SMILES string of the molecule is CCCCCCCC/C=C\CCCCCCCC(CCCCCCC/C=C\CCCCCCCC)OC(=O)CCCS(=O)(=O)NC(=O)CC. The zero-order chi connectivity index (χ0) is 36.1. The lowest BCUT2D eigenvalue weighted by Crippen LogP contribution is -2.32. The highest BCUT2D eigenvalue weighted by Crippen LogP contribution is 2.18. The molecule has 7 heteroatoms. The predicted molar refractivity (Wildman–Crippen MR) is 210 cm³/mol. The topological polar surface area (TPSA) is 89.5 Å². The minimum absolute atomic E-state index is 0.0521. The monoisotopic (exact) mass is 710 g/mol. The van der Waals surface area contributed by atoms with Crippen LogP contribution < -0.4 is 4.72 Å². The molecule has 0 saturated heterocycles. The van der Waals surface area contributed by atoms with Crippen LogP contribution in [0.3, 0.4) is 0 Å². The largest absolute Gasteiger partial charge is 0.462 e. The number of nitrogens with one attached hydrogen (secondary N) is 1. The van der Waals surface area contributed by atoms with Gasteiger partial charge in [0.05, 0.1) is 5.75 Å². The van der Waals surface area contributed by atoms with Crippen LogP contribution in [0.5, 0.6) is 0 Å². The van der Waals surface area contributed by atoms with Crippen molar-refractivity contribution in [1.82, 2.24) is 4.72 Å². The summed E-state index contributed by atoms with van der Waals surface area (Å²) >= 11 is 0. The first-order chi connectivity index (χ1) is 23.8. The first-order valence-corrected chi connectivity index (χ1v) is 22.5. The number of esters is 1. The second-order valence-electron chi connectivity index (χ2n) is 14.2. The fourth-order valence-electron chi connectivity index (χ4n) is 6.10. The quantitative estimate of drug-likeness (QED) is 0.0394. The molecular weight excluding hydrogens is 631 g/mol. The van der Waals surface area contributed by atoms with Gasteiger partial charge in [0.15, 0.2) is 0 Å². The van der Waals surface area contributed by atoms with Gasteiger partial charge >= 0.3 is 5.97 Å². The Labute approximate surface area is 304 Å². The third-order valence-corrected chi connectivity index (χ3v) is 10.6. The maximum atomic E-state index is 12.6. The van der Waals surface area contributed by atoms with Crippen molar-refractivity contribution in [3.05, 3.63) is 24.3 Å². The van der Waals surface area contributed by atoms with E-state index in [4.69, 9.17) is 4.74 Å². The maximum absolute atomic E-state index is 12.6. The lowest BCUT2D eigenvalue weighted by atomic mass is 10.0. The average Bonchev–Trinajstić information content (AvgIpc) is 3.07. The normalized spacial score (nSPS) is 12.1. The molecule has 1 N–H and O–H groups in total. The Morgan fingerprint density at radius 1 is 0.531 bits per heavy atom. The second kappa shape index (κ2) is 36.2. The van der Waals surface area contributed by atoms with Crippen molar-refractivity contribution in [3.8, 4) is 0 Å². The third-order valence-electron chi connectivity index (χ3n) is 9.26. The summed E-state index contributed by atoms with van der Waals surface area (Å²) in [6, 6.07) is 0.